The first-order valence-corrected chi connectivity index (χ1v) is 8.71. The molecule has 1 atom stereocenters. The standard InChI is InChI=1S/C20H18ClN3O3/c1-13-10-11-24(23-13)17-8-4-15(5-9-17)20(27)22-18(12-19(25)26)14-2-6-16(21)7-3-14/h2-11,18H,12H2,1H3,(H,22,27)(H,25,26). The van der Waals surface area contributed by atoms with Crippen molar-refractivity contribution in [3.05, 3.63) is 82.6 Å². The lowest BCUT2D eigenvalue weighted by atomic mass is 10.0. The zero-order valence-corrected chi connectivity index (χ0v) is 15.3. The fraction of sp³-hybridized carbons (Fsp3) is 0.150. The molecule has 0 saturated carbocycles. The van der Waals surface area contributed by atoms with Crippen LogP contribution in [-0.4, -0.2) is 26.8 Å². The van der Waals surface area contributed by atoms with Crippen LogP contribution in [0.5, 0.6) is 0 Å². The summed E-state index contributed by atoms with van der Waals surface area (Å²) in [6.45, 7) is 1.90. The summed E-state index contributed by atoms with van der Waals surface area (Å²) in [5.41, 5.74) is 2.85. The van der Waals surface area contributed by atoms with Crippen LogP contribution in [0.3, 0.4) is 0 Å². The van der Waals surface area contributed by atoms with E-state index in [0.717, 1.165) is 11.4 Å². The average molecular weight is 384 g/mol. The van der Waals surface area contributed by atoms with Gasteiger partial charge in [0.15, 0.2) is 0 Å². The largest absolute Gasteiger partial charge is 0.481 e. The van der Waals surface area contributed by atoms with Crippen LogP contribution in [0.4, 0.5) is 0 Å². The van der Waals surface area contributed by atoms with Gasteiger partial charge < -0.3 is 10.4 Å². The van der Waals surface area contributed by atoms with Crippen LogP contribution in [0.15, 0.2) is 60.8 Å². The lowest BCUT2D eigenvalue weighted by Gasteiger charge is -2.18. The third-order valence-corrected chi connectivity index (χ3v) is 4.32. The second-order valence-corrected chi connectivity index (χ2v) is 6.56. The van der Waals surface area contributed by atoms with Crippen molar-refractivity contribution in [1.29, 1.82) is 0 Å². The number of carboxylic acids is 1. The van der Waals surface area contributed by atoms with Gasteiger partial charge in [-0.1, -0.05) is 23.7 Å². The number of hydrogen-bond acceptors (Lipinski definition) is 3. The predicted molar refractivity (Wildman–Crippen MR) is 102 cm³/mol. The maximum Gasteiger partial charge on any atom is 0.305 e. The first-order valence-electron chi connectivity index (χ1n) is 8.33. The molecule has 3 aromatic rings. The topological polar surface area (TPSA) is 84.2 Å². The smallest absolute Gasteiger partial charge is 0.305 e. The second-order valence-electron chi connectivity index (χ2n) is 6.12. The Morgan fingerprint density at radius 1 is 1.11 bits per heavy atom. The number of nitrogens with one attached hydrogen (secondary N) is 1. The molecular formula is C20H18ClN3O3. The molecule has 0 bridgehead atoms. The summed E-state index contributed by atoms with van der Waals surface area (Å²) >= 11 is 5.88. The number of rotatable bonds is 6. The third-order valence-electron chi connectivity index (χ3n) is 4.07. The Morgan fingerprint density at radius 2 is 1.78 bits per heavy atom. The zero-order valence-electron chi connectivity index (χ0n) is 14.6. The fourth-order valence-corrected chi connectivity index (χ4v) is 2.81. The normalized spacial score (nSPS) is 11.8. The number of hydrogen-bond donors (Lipinski definition) is 2. The molecule has 0 spiro atoms. The van der Waals surface area contributed by atoms with Crippen LogP contribution in [0.1, 0.15) is 34.1 Å². The summed E-state index contributed by atoms with van der Waals surface area (Å²) in [7, 11) is 0. The SMILES string of the molecule is Cc1ccn(-c2ccc(C(=O)NC(CC(=O)O)c3ccc(Cl)cc3)cc2)n1. The van der Waals surface area contributed by atoms with Crippen molar-refractivity contribution in [1.82, 2.24) is 15.1 Å². The predicted octanol–water partition coefficient (Wildman–Crippen LogP) is 3.78. The van der Waals surface area contributed by atoms with E-state index < -0.39 is 12.0 Å². The highest BCUT2D eigenvalue weighted by Crippen LogP contribution is 2.20. The molecule has 2 N–H and O–H groups in total. The van der Waals surface area contributed by atoms with E-state index >= 15 is 0 Å². The van der Waals surface area contributed by atoms with E-state index in [0.29, 0.717) is 16.1 Å². The number of nitrogens with zero attached hydrogens (tertiary/aromatic N) is 2. The Morgan fingerprint density at radius 3 is 2.33 bits per heavy atom. The number of aliphatic carboxylic acids is 1. The van der Waals surface area contributed by atoms with Crippen LogP contribution in [0.25, 0.3) is 5.69 Å². The molecule has 0 radical (unpaired) electrons. The van der Waals surface area contributed by atoms with Crippen LogP contribution in [-0.2, 0) is 4.79 Å². The number of carbonyl (C=O) groups excluding carboxylic acids is 1. The van der Waals surface area contributed by atoms with E-state index in [-0.39, 0.29) is 12.3 Å². The van der Waals surface area contributed by atoms with E-state index in [1.165, 1.54) is 0 Å². The molecule has 1 heterocycles. The number of halogens is 1. The van der Waals surface area contributed by atoms with Gasteiger partial charge in [-0.2, -0.15) is 5.10 Å². The summed E-state index contributed by atoms with van der Waals surface area (Å²) in [6, 6.07) is 14.9. The highest BCUT2D eigenvalue weighted by Gasteiger charge is 2.19. The fourth-order valence-electron chi connectivity index (χ4n) is 2.69. The minimum absolute atomic E-state index is 0.224. The summed E-state index contributed by atoms with van der Waals surface area (Å²) in [5.74, 6) is -1.35. The second kappa shape index (κ2) is 8.05. The first-order chi connectivity index (χ1) is 12.9. The minimum atomic E-state index is -1.00. The van der Waals surface area contributed by atoms with Crippen LogP contribution < -0.4 is 5.32 Å². The molecule has 27 heavy (non-hydrogen) atoms. The van der Waals surface area contributed by atoms with Crippen molar-refractivity contribution in [2.24, 2.45) is 0 Å². The van der Waals surface area contributed by atoms with Gasteiger partial charge in [-0.3, -0.25) is 9.59 Å². The van der Waals surface area contributed by atoms with Gasteiger partial charge in [0.1, 0.15) is 0 Å². The number of aromatic nitrogens is 2. The van der Waals surface area contributed by atoms with Crippen LogP contribution >= 0.6 is 11.6 Å². The van der Waals surface area contributed by atoms with E-state index in [9.17, 15) is 9.59 Å². The quantitative estimate of drug-likeness (QED) is 0.678. The molecule has 0 aliphatic heterocycles. The molecule has 0 aliphatic rings. The van der Waals surface area contributed by atoms with Gasteiger partial charge >= 0.3 is 5.97 Å². The molecule has 2 aromatic carbocycles. The van der Waals surface area contributed by atoms with Gasteiger partial charge in [-0.05, 0) is 55.0 Å². The Labute approximate surface area is 161 Å². The number of benzene rings is 2. The van der Waals surface area contributed by atoms with Gasteiger partial charge in [0.25, 0.3) is 5.91 Å². The summed E-state index contributed by atoms with van der Waals surface area (Å²) in [4.78, 5) is 23.8. The molecule has 0 saturated heterocycles. The van der Waals surface area contributed by atoms with E-state index in [1.54, 1.807) is 53.2 Å². The number of amides is 1. The molecule has 138 valence electrons. The lowest BCUT2D eigenvalue weighted by Crippen LogP contribution is -2.30. The van der Waals surface area contributed by atoms with Crippen molar-refractivity contribution in [3.8, 4) is 5.69 Å². The Balaban J connectivity index is 1.76. The highest BCUT2D eigenvalue weighted by molar-refractivity contribution is 6.30. The maximum absolute atomic E-state index is 12.6. The first kappa shape index (κ1) is 18.7. The third kappa shape index (κ3) is 4.74. The van der Waals surface area contributed by atoms with Gasteiger partial charge in [0.05, 0.1) is 23.8 Å². The summed E-state index contributed by atoms with van der Waals surface area (Å²) < 4.78 is 1.72. The molecular weight excluding hydrogens is 366 g/mol. The van der Waals surface area contributed by atoms with Gasteiger partial charge in [0, 0.05) is 16.8 Å². The van der Waals surface area contributed by atoms with E-state index in [1.807, 2.05) is 19.2 Å². The van der Waals surface area contributed by atoms with E-state index in [4.69, 9.17) is 16.7 Å². The molecule has 7 heteroatoms. The molecule has 6 nitrogen and oxygen atoms in total. The summed E-state index contributed by atoms with van der Waals surface area (Å²) in [6.07, 6.45) is 1.62. The van der Waals surface area contributed by atoms with Crippen molar-refractivity contribution in [2.75, 3.05) is 0 Å². The molecule has 1 unspecified atom stereocenters. The Kier molecular flexibility index (Phi) is 5.57. The minimum Gasteiger partial charge on any atom is -0.481 e. The van der Waals surface area contributed by atoms with Crippen molar-refractivity contribution in [3.63, 3.8) is 0 Å². The van der Waals surface area contributed by atoms with Crippen LogP contribution in [0, 0.1) is 6.92 Å². The average Bonchev–Trinajstić information content (AvgIpc) is 3.08. The van der Waals surface area contributed by atoms with Gasteiger partial charge in [-0.15, -0.1) is 0 Å². The van der Waals surface area contributed by atoms with Crippen LogP contribution in [0.2, 0.25) is 5.02 Å². The van der Waals surface area contributed by atoms with E-state index in [2.05, 4.69) is 10.4 Å². The number of carbonyl (C=O) groups is 2. The molecule has 1 amide bonds. The number of carboxylic acid groups (broad SMARTS) is 1. The van der Waals surface area contributed by atoms with Gasteiger partial charge in [0.2, 0.25) is 0 Å². The Bertz CT molecular complexity index is 949. The van der Waals surface area contributed by atoms with Crippen molar-refractivity contribution in [2.45, 2.75) is 19.4 Å². The maximum atomic E-state index is 12.6. The summed E-state index contributed by atoms with van der Waals surface area (Å²) in [5, 5.41) is 16.8. The highest BCUT2D eigenvalue weighted by atomic mass is 35.5. The molecule has 0 fully saturated rings. The van der Waals surface area contributed by atoms with Crippen molar-refractivity contribution >= 4 is 23.5 Å². The van der Waals surface area contributed by atoms with Gasteiger partial charge in [-0.25, -0.2) is 4.68 Å². The number of aryl methyl sites for hydroxylation is 1. The zero-order chi connectivity index (χ0) is 19.4. The van der Waals surface area contributed by atoms with Crippen molar-refractivity contribution < 1.29 is 14.7 Å². The molecule has 1 aromatic heterocycles. The molecule has 0 aliphatic carbocycles. The monoisotopic (exact) mass is 383 g/mol. The lowest BCUT2D eigenvalue weighted by molar-refractivity contribution is -0.137. The Hall–Kier alpha value is -3.12. The molecule has 3 rings (SSSR count).